The van der Waals surface area contributed by atoms with E-state index in [-0.39, 0.29) is 28.4 Å². The Morgan fingerprint density at radius 2 is 1.57 bits per heavy atom. The third-order valence-electron chi connectivity index (χ3n) is 4.21. The second-order valence-corrected chi connectivity index (χ2v) is 9.76. The average Bonchev–Trinajstić information content (AvgIpc) is 2.57. The summed E-state index contributed by atoms with van der Waals surface area (Å²) in [5, 5.41) is 7.67. The highest BCUT2D eigenvalue weighted by atomic mass is 32.2. The first-order valence-electron chi connectivity index (χ1n) is 8.40. The predicted octanol–water partition coefficient (Wildman–Crippen LogP) is 1.57. The molecule has 152 valence electrons. The van der Waals surface area contributed by atoms with Crippen LogP contribution in [0.25, 0.3) is 0 Å². The Balaban J connectivity index is 1.98. The van der Waals surface area contributed by atoms with Gasteiger partial charge in [0.2, 0.25) is 26.0 Å². The van der Waals surface area contributed by atoms with Crippen molar-refractivity contribution in [2.24, 2.45) is 5.14 Å². The maximum absolute atomic E-state index is 12.3. The summed E-state index contributed by atoms with van der Waals surface area (Å²) < 4.78 is 50.1. The minimum Gasteiger partial charge on any atom is -0.326 e. The van der Waals surface area contributed by atoms with Gasteiger partial charge in [-0.05, 0) is 61.7 Å². The van der Waals surface area contributed by atoms with Crippen molar-refractivity contribution in [2.45, 2.75) is 37.0 Å². The van der Waals surface area contributed by atoms with Crippen LogP contribution in [0.15, 0.2) is 46.2 Å². The molecular weight excluding hydrogens is 402 g/mol. The zero-order valence-electron chi connectivity index (χ0n) is 15.8. The van der Waals surface area contributed by atoms with E-state index < -0.39 is 26.0 Å². The lowest BCUT2D eigenvalue weighted by Gasteiger charge is -2.10. The highest BCUT2D eigenvalue weighted by molar-refractivity contribution is 7.89. The first-order chi connectivity index (χ1) is 12.9. The quantitative estimate of drug-likeness (QED) is 0.619. The lowest BCUT2D eigenvalue weighted by Crippen LogP contribution is -2.28. The highest BCUT2D eigenvalue weighted by Gasteiger charge is 2.16. The molecule has 2 aromatic carbocycles. The summed E-state index contributed by atoms with van der Waals surface area (Å²) in [7, 11) is -7.63. The van der Waals surface area contributed by atoms with Crippen LogP contribution in [0.4, 0.5) is 5.69 Å². The Hall–Kier alpha value is -2.27. The molecule has 0 aliphatic carbocycles. The van der Waals surface area contributed by atoms with E-state index in [4.69, 9.17) is 5.14 Å². The van der Waals surface area contributed by atoms with E-state index in [1.54, 1.807) is 25.1 Å². The largest absolute Gasteiger partial charge is 0.326 e. The fraction of sp³-hybridized carbons (Fsp3) is 0.278. The van der Waals surface area contributed by atoms with Gasteiger partial charge < -0.3 is 5.32 Å². The summed E-state index contributed by atoms with van der Waals surface area (Å²) in [6.07, 6.45) is -0.122. The number of carbonyl (C=O) groups is 1. The van der Waals surface area contributed by atoms with Crippen molar-refractivity contribution in [3.05, 3.63) is 53.1 Å². The van der Waals surface area contributed by atoms with Crippen LogP contribution in [-0.4, -0.2) is 29.3 Å². The predicted molar refractivity (Wildman–Crippen MR) is 107 cm³/mol. The summed E-state index contributed by atoms with van der Waals surface area (Å²) in [5.74, 6) is -0.466. The van der Waals surface area contributed by atoms with Crippen molar-refractivity contribution in [3.8, 4) is 0 Å². The number of aryl methyl sites for hydroxylation is 3. The number of hydrogen-bond acceptors (Lipinski definition) is 5. The van der Waals surface area contributed by atoms with E-state index in [1.807, 2.05) is 13.8 Å². The molecule has 0 heterocycles. The van der Waals surface area contributed by atoms with Gasteiger partial charge in [0.15, 0.2) is 0 Å². The van der Waals surface area contributed by atoms with Gasteiger partial charge in [0, 0.05) is 18.7 Å². The van der Waals surface area contributed by atoms with Gasteiger partial charge in [-0.2, -0.15) is 0 Å². The molecule has 28 heavy (non-hydrogen) atoms. The number of amides is 1. The first kappa shape index (κ1) is 22.0. The van der Waals surface area contributed by atoms with Crippen LogP contribution in [-0.2, 0) is 24.8 Å². The molecule has 2 aromatic rings. The number of primary sulfonamides is 1. The molecule has 0 atom stereocenters. The van der Waals surface area contributed by atoms with Crippen molar-refractivity contribution in [3.63, 3.8) is 0 Å². The zero-order valence-corrected chi connectivity index (χ0v) is 17.4. The van der Waals surface area contributed by atoms with Gasteiger partial charge in [0.1, 0.15) is 0 Å². The van der Waals surface area contributed by atoms with Crippen LogP contribution < -0.4 is 15.2 Å². The van der Waals surface area contributed by atoms with E-state index in [1.165, 1.54) is 18.2 Å². The molecule has 0 bridgehead atoms. The molecule has 0 aliphatic heterocycles. The topological polar surface area (TPSA) is 135 Å². The van der Waals surface area contributed by atoms with Crippen molar-refractivity contribution in [1.29, 1.82) is 0 Å². The molecule has 0 fully saturated rings. The van der Waals surface area contributed by atoms with Crippen molar-refractivity contribution in [2.75, 3.05) is 11.9 Å². The number of carbonyl (C=O) groups excluding carboxylic acids is 1. The number of nitrogens with two attached hydrogens (primary N) is 1. The number of rotatable bonds is 7. The highest BCUT2D eigenvalue weighted by Crippen LogP contribution is 2.19. The average molecular weight is 426 g/mol. The Morgan fingerprint density at radius 3 is 2.18 bits per heavy atom. The van der Waals surface area contributed by atoms with Gasteiger partial charge in [-0.3, -0.25) is 4.79 Å². The molecule has 8 nitrogen and oxygen atoms in total. The summed E-state index contributed by atoms with van der Waals surface area (Å²) in [4.78, 5) is 12.1. The van der Waals surface area contributed by atoms with Crippen molar-refractivity contribution < 1.29 is 21.6 Å². The second kappa shape index (κ2) is 8.39. The molecule has 0 radical (unpaired) electrons. The van der Waals surface area contributed by atoms with Gasteiger partial charge in [-0.1, -0.05) is 12.1 Å². The van der Waals surface area contributed by atoms with Gasteiger partial charge in [0.25, 0.3) is 0 Å². The number of nitrogens with one attached hydrogen (secondary N) is 2. The Bertz CT molecular complexity index is 1110. The van der Waals surface area contributed by atoms with Gasteiger partial charge >= 0.3 is 0 Å². The Labute approximate surface area is 165 Å². The summed E-state index contributed by atoms with van der Waals surface area (Å²) in [6.45, 7) is 5.19. The van der Waals surface area contributed by atoms with Crippen LogP contribution >= 0.6 is 0 Å². The van der Waals surface area contributed by atoms with E-state index in [0.717, 1.165) is 11.1 Å². The minimum atomic E-state index is -3.91. The second-order valence-electron chi connectivity index (χ2n) is 6.47. The number of benzene rings is 2. The number of hydrogen-bond donors (Lipinski definition) is 3. The fourth-order valence-electron chi connectivity index (χ4n) is 2.47. The van der Waals surface area contributed by atoms with E-state index in [0.29, 0.717) is 5.56 Å². The monoisotopic (exact) mass is 425 g/mol. The lowest BCUT2D eigenvalue weighted by atomic mass is 10.1. The molecule has 0 unspecified atom stereocenters. The Kier molecular flexibility index (Phi) is 6.60. The summed E-state index contributed by atoms with van der Waals surface area (Å²) in [6, 6.07) is 9.13. The first-order valence-corrected chi connectivity index (χ1v) is 11.4. The molecule has 0 saturated carbocycles. The minimum absolute atomic E-state index is 0.0826. The third kappa shape index (κ3) is 5.61. The van der Waals surface area contributed by atoms with Crippen LogP contribution in [0.3, 0.4) is 0 Å². The molecule has 0 aromatic heterocycles. The van der Waals surface area contributed by atoms with Gasteiger partial charge in [-0.25, -0.2) is 26.7 Å². The van der Waals surface area contributed by atoms with Crippen LogP contribution in [0, 0.1) is 20.8 Å². The van der Waals surface area contributed by atoms with Gasteiger partial charge in [-0.15, -0.1) is 0 Å². The molecular formula is C18H23N3O5S2. The summed E-state index contributed by atoms with van der Waals surface area (Å²) >= 11 is 0. The smallest absolute Gasteiger partial charge is 0.240 e. The molecule has 0 saturated heterocycles. The number of sulfonamides is 2. The van der Waals surface area contributed by atoms with Crippen molar-refractivity contribution in [1.82, 2.24) is 4.72 Å². The van der Waals surface area contributed by atoms with Crippen LogP contribution in [0.2, 0.25) is 0 Å². The molecule has 0 spiro atoms. The summed E-state index contributed by atoms with van der Waals surface area (Å²) in [5.41, 5.74) is 2.55. The standard InChI is InChI=1S/C18H23N3O5S2/c1-12-5-7-16(10-14(12)3)28(25,26)20-9-8-18(22)21-15-6-4-13(2)17(11-15)27(19,23)24/h4-7,10-11,20H,8-9H2,1-3H3,(H,21,22)(H2,19,23,24). The molecule has 4 N–H and O–H groups in total. The maximum Gasteiger partial charge on any atom is 0.240 e. The molecule has 10 heteroatoms. The van der Waals surface area contributed by atoms with E-state index in [9.17, 15) is 21.6 Å². The Morgan fingerprint density at radius 1 is 0.929 bits per heavy atom. The SMILES string of the molecule is Cc1ccc(S(=O)(=O)NCCC(=O)Nc2ccc(C)c(S(N)(=O)=O)c2)cc1C. The van der Waals surface area contributed by atoms with E-state index in [2.05, 4.69) is 10.0 Å². The van der Waals surface area contributed by atoms with Crippen LogP contribution in [0.5, 0.6) is 0 Å². The van der Waals surface area contributed by atoms with Crippen LogP contribution in [0.1, 0.15) is 23.1 Å². The van der Waals surface area contributed by atoms with E-state index >= 15 is 0 Å². The zero-order chi connectivity index (χ0) is 21.1. The van der Waals surface area contributed by atoms with Crippen molar-refractivity contribution >= 4 is 31.6 Å². The molecule has 2 rings (SSSR count). The maximum atomic E-state index is 12.3. The fourth-order valence-corrected chi connectivity index (χ4v) is 4.40. The lowest BCUT2D eigenvalue weighted by molar-refractivity contribution is -0.116. The molecule has 1 amide bonds. The third-order valence-corrected chi connectivity index (χ3v) is 6.72. The molecule has 0 aliphatic rings. The van der Waals surface area contributed by atoms with Gasteiger partial charge in [0.05, 0.1) is 9.79 Å². The normalized spacial score (nSPS) is 12.0. The number of anilines is 1.